The minimum atomic E-state index is -1.18. The third-order valence-corrected chi connectivity index (χ3v) is 5.98. The number of hydrogen-bond acceptors (Lipinski definition) is 4. The number of amides is 1. The topological polar surface area (TPSA) is 55.8 Å². The molecule has 1 amide bonds. The van der Waals surface area contributed by atoms with Gasteiger partial charge < -0.3 is 15.3 Å². The van der Waals surface area contributed by atoms with E-state index in [9.17, 15) is 9.90 Å². The van der Waals surface area contributed by atoms with Gasteiger partial charge in [-0.1, -0.05) is 36.8 Å². The highest BCUT2D eigenvalue weighted by Crippen LogP contribution is 2.23. The average Bonchev–Trinajstić information content (AvgIpc) is 2.66. The van der Waals surface area contributed by atoms with E-state index in [1.165, 1.54) is 24.8 Å². The molecule has 2 fully saturated rings. The molecule has 0 spiro atoms. The van der Waals surface area contributed by atoms with Crippen LogP contribution in [0.3, 0.4) is 0 Å². The zero-order valence-corrected chi connectivity index (χ0v) is 16.0. The molecule has 144 valence electrons. The molecule has 0 bridgehead atoms. The third kappa shape index (κ3) is 5.06. The highest BCUT2D eigenvalue weighted by atomic mass is 16.3. The number of carbonyl (C=O) groups is 1. The van der Waals surface area contributed by atoms with E-state index in [4.69, 9.17) is 0 Å². The molecule has 0 unspecified atom stereocenters. The van der Waals surface area contributed by atoms with Crippen molar-refractivity contribution in [3.63, 3.8) is 0 Å². The maximum atomic E-state index is 12.4. The second kappa shape index (κ2) is 8.98. The Bertz CT molecular complexity index is 570. The summed E-state index contributed by atoms with van der Waals surface area (Å²) in [5, 5.41) is 13.6. The molecular formula is C21H33N3O2. The number of nitrogens with zero attached hydrogens (tertiary/aromatic N) is 2. The number of rotatable bonds is 6. The minimum absolute atomic E-state index is 0.184. The van der Waals surface area contributed by atoms with Crippen molar-refractivity contribution >= 4 is 5.91 Å². The zero-order chi connectivity index (χ0) is 18.4. The molecule has 1 atom stereocenters. The second-order valence-electron chi connectivity index (χ2n) is 7.99. The van der Waals surface area contributed by atoms with Gasteiger partial charge in [0.1, 0.15) is 5.60 Å². The molecular weight excluding hydrogens is 326 g/mol. The Kier molecular flexibility index (Phi) is 6.68. The summed E-state index contributed by atoms with van der Waals surface area (Å²) in [6, 6.07) is 11.1. The Morgan fingerprint density at radius 2 is 1.92 bits per heavy atom. The third-order valence-electron chi connectivity index (χ3n) is 5.98. The van der Waals surface area contributed by atoms with Crippen molar-refractivity contribution in [1.29, 1.82) is 0 Å². The molecule has 0 radical (unpaired) electrons. The number of hydrogen-bond donors (Lipinski definition) is 2. The van der Waals surface area contributed by atoms with E-state index in [2.05, 4.69) is 45.4 Å². The van der Waals surface area contributed by atoms with Crippen molar-refractivity contribution < 1.29 is 9.90 Å². The predicted molar refractivity (Wildman–Crippen MR) is 104 cm³/mol. The fraction of sp³-hybridized carbons (Fsp3) is 0.667. The molecule has 1 aromatic rings. The SMILES string of the molecule is CN1CCC(O)(C(=O)NCC[C@H]2CCCCN2Cc2ccccc2)CC1. The van der Waals surface area contributed by atoms with E-state index in [0.29, 0.717) is 25.4 Å². The van der Waals surface area contributed by atoms with E-state index in [1.54, 1.807) is 0 Å². The first-order valence-electron chi connectivity index (χ1n) is 10.0. The number of likely N-dealkylation sites (tertiary alicyclic amines) is 2. The Balaban J connectivity index is 1.47. The number of carbonyl (C=O) groups excluding carboxylic acids is 1. The second-order valence-corrected chi connectivity index (χ2v) is 7.99. The van der Waals surface area contributed by atoms with Crippen molar-refractivity contribution in [3.05, 3.63) is 35.9 Å². The Labute approximate surface area is 157 Å². The van der Waals surface area contributed by atoms with Crippen LogP contribution in [0, 0.1) is 0 Å². The van der Waals surface area contributed by atoms with Gasteiger partial charge >= 0.3 is 0 Å². The minimum Gasteiger partial charge on any atom is -0.380 e. The fourth-order valence-corrected chi connectivity index (χ4v) is 4.15. The monoisotopic (exact) mass is 359 g/mol. The standard InChI is InChI=1S/C21H33N3O2/c1-23-15-11-21(26,12-16-23)20(25)22-13-10-19-9-5-6-14-24(19)17-18-7-3-2-4-8-18/h2-4,7-8,19,26H,5-6,9-17H2,1H3,(H,22,25)/t19-/m1/s1. The van der Waals surface area contributed by atoms with Crippen molar-refractivity contribution in [1.82, 2.24) is 15.1 Å². The maximum absolute atomic E-state index is 12.4. The van der Waals surface area contributed by atoms with Gasteiger partial charge in [0.15, 0.2) is 0 Å². The predicted octanol–water partition coefficient (Wildman–Crippen LogP) is 2.00. The Hall–Kier alpha value is -1.43. The van der Waals surface area contributed by atoms with Crippen molar-refractivity contribution in [3.8, 4) is 0 Å². The van der Waals surface area contributed by atoms with Gasteiger partial charge in [-0.05, 0) is 51.3 Å². The van der Waals surface area contributed by atoms with E-state index < -0.39 is 5.60 Å². The summed E-state index contributed by atoms with van der Waals surface area (Å²) in [6.07, 6.45) is 5.72. The first kappa shape index (κ1) is 19.3. The molecule has 3 rings (SSSR count). The van der Waals surface area contributed by atoms with E-state index in [1.807, 2.05) is 7.05 Å². The van der Waals surface area contributed by atoms with Crippen LogP contribution >= 0.6 is 0 Å². The summed E-state index contributed by atoms with van der Waals surface area (Å²) in [5.74, 6) is -0.184. The Morgan fingerprint density at radius 1 is 1.19 bits per heavy atom. The van der Waals surface area contributed by atoms with Crippen LogP contribution in [0.4, 0.5) is 0 Å². The van der Waals surface area contributed by atoms with Crippen LogP contribution in [0.15, 0.2) is 30.3 Å². The molecule has 0 aromatic heterocycles. The quantitative estimate of drug-likeness (QED) is 0.816. The first-order valence-corrected chi connectivity index (χ1v) is 10.0. The molecule has 5 heteroatoms. The highest BCUT2D eigenvalue weighted by molar-refractivity contribution is 5.85. The molecule has 2 N–H and O–H groups in total. The molecule has 2 heterocycles. The number of aliphatic hydroxyl groups is 1. The summed E-state index contributed by atoms with van der Waals surface area (Å²) in [6.45, 7) is 4.31. The summed E-state index contributed by atoms with van der Waals surface area (Å²) in [4.78, 5) is 17.2. The van der Waals surface area contributed by atoms with Crippen molar-refractivity contribution in [2.45, 2.75) is 56.7 Å². The molecule has 26 heavy (non-hydrogen) atoms. The van der Waals surface area contributed by atoms with Gasteiger partial charge in [0.2, 0.25) is 0 Å². The van der Waals surface area contributed by atoms with Gasteiger partial charge in [0.05, 0.1) is 0 Å². The van der Waals surface area contributed by atoms with Gasteiger partial charge in [0.25, 0.3) is 5.91 Å². The normalized spacial score (nSPS) is 24.3. The van der Waals surface area contributed by atoms with Crippen LogP contribution in [0.1, 0.15) is 44.1 Å². The number of nitrogens with one attached hydrogen (secondary N) is 1. The molecule has 2 aliphatic rings. The van der Waals surface area contributed by atoms with Crippen LogP contribution < -0.4 is 5.32 Å². The Morgan fingerprint density at radius 3 is 2.65 bits per heavy atom. The van der Waals surface area contributed by atoms with Crippen LogP contribution in [-0.2, 0) is 11.3 Å². The molecule has 2 aliphatic heterocycles. The lowest BCUT2D eigenvalue weighted by Gasteiger charge is -2.37. The van der Waals surface area contributed by atoms with Gasteiger partial charge in [0, 0.05) is 32.2 Å². The van der Waals surface area contributed by atoms with Gasteiger partial charge in [-0.25, -0.2) is 0 Å². The molecule has 2 saturated heterocycles. The van der Waals surface area contributed by atoms with Gasteiger partial charge in [-0.2, -0.15) is 0 Å². The summed E-state index contributed by atoms with van der Waals surface area (Å²) in [7, 11) is 2.03. The fourth-order valence-electron chi connectivity index (χ4n) is 4.15. The smallest absolute Gasteiger partial charge is 0.252 e. The number of benzene rings is 1. The van der Waals surface area contributed by atoms with Crippen LogP contribution in [0.2, 0.25) is 0 Å². The maximum Gasteiger partial charge on any atom is 0.252 e. The molecule has 5 nitrogen and oxygen atoms in total. The van der Waals surface area contributed by atoms with E-state index >= 15 is 0 Å². The number of piperidine rings is 2. The summed E-state index contributed by atoms with van der Waals surface area (Å²) >= 11 is 0. The van der Waals surface area contributed by atoms with E-state index in [-0.39, 0.29) is 5.91 Å². The average molecular weight is 360 g/mol. The lowest BCUT2D eigenvalue weighted by atomic mass is 9.90. The van der Waals surface area contributed by atoms with Crippen LogP contribution in [-0.4, -0.2) is 65.7 Å². The molecule has 0 aliphatic carbocycles. The lowest BCUT2D eigenvalue weighted by molar-refractivity contribution is -0.144. The van der Waals surface area contributed by atoms with Crippen LogP contribution in [0.5, 0.6) is 0 Å². The van der Waals surface area contributed by atoms with Crippen molar-refractivity contribution in [2.24, 2.45) is 0 Å². The first-order chi connectivity index (χ1) is 12.6. The summed E-state index contributed by atoms with van der Waals surface area (Å²) in [5.41, 5.74) is 0.173. The van der Waals surface area contributed by atoms with Crippen molar-refractivity contribution in [2.75, 3.05) is 33.2 Å². The molecule has 0 saturated carbocycles. The zero-order valence-electron chi connectivity index (χ0n) is 16.0. The van der Waals surface area contributed by atoms with E-state index in [0.717, 1.165) is 32.6 Å². The van der Waals surface area contributed by atoms with Gasteiger partial charge in [-0.3, -0.25) is 9.69 Å². The van der Waals surface area contributed by atoms with Crippen LogP contribution in [0.25, 0.3) is 0 Å². The largest absolute Gasteiger partial charge is 0.380 e. The van der Waals surface area contributed by atoms with Gasteiger partial charge in [-0.15, -0.1) is 0 Å². The summed E-state index contributed by atoms with van der Waals surface area (Å²) < 4.78 is 0. The molecule has 1 aromatic carbocycles. The highest BCUT2D eigenvalue weighted by Gasteiger charge is 2.38. The lowest BCUT2D eigenvalue weighted by Crippen LogP contribution is -2.53.